The molecule has 1 aromatic rings. The van der Waals surface area contributed by atoms with Gasteiger partial charge >= 0.3 is 5.97 Å². The molecule has 0 saturated heterocycles. The number of amides is 2. The number of benzene rings is 1. The Labute approximate surface area is 157 Å². The Balaban J connectivity index is 2.44. The van der Waals surface area contributed by atoms with Crippen LogP contribution < -0.4 is 5.32 Å². The van der Waals surface area contributed by atoms with E-state index in [1.54, 1.807) is 30.3 Å². The fraction of sp³-hybridized carbons (Fsp3) is 0.368. The first-order valence-electron chi connectivity index (χ1n) is 8.29. The number of nitrogens with zero attached hydrogens (tertiary/aromatic N) is 1. The summed E-state index contributed by atoms with van der Waals surface area (Å²) >= 11 is 0. The second kappa shape index (κ2) is 8.59. The summed E-state index contributed by atoms with van der Waals surface area (Å²) in [6.45, 7) is 1.28. The second-order valence-electron chi connectivity index (χ2n) is 6.10. The van der Waals surface area contributed by atoms with E-state index in [0.717, 1.165) is 5.06 Å². The number of esters is 1. The Morgan fingerprint density at radius 1 is 1.07 bits per heavy atom. The van der Waals surface area contributed by atoms with Crippen molar-refractivity contribution in [3.8, 4) is 0 Å². The summed E-state index contributed by atoms with van der Waals surface area (Å²) in [4.78, 5) is 54.9. The van der Waals surface area contributed by atoms with Crippen LogP contribution in [-0.4, -0.2) is 49.9 Å². The highest BCUT2D eigenvalue weighted by Crippen LogP contribution is 2.39. The molecule has 0 heterocycles. The molecule has 0 saturated carbocycles. The van der Waals surface area contributed by atoms with E-state index < -0.39 is 41.3 Å². The van der Waals surface area contributed by atoms with Gasteiger partial charge in [0.1, 0.15) is 0 Å². The predicted octanol–water partition coefficient (Wildman–Crippen LogP) is 1.20. The number of hydrogen-bond acceptors (Lipinski definition) is 6. The Hall–Kier alpha value is -3.00. The maximum Gasteiger partial charge on any atom is 0.314 e. The molecule has 2 rings (SSSR count). The van der Waals surface area contributed by atoms with E-state index in [4.69, 9.17) is 9.57 Å². The zero-order valence-electron chi connectivity index (χ0n) is 15.6. The lowest BCUT2D eigenvalue weighted by Crippen LogP contribution is -2.43. The Bertz CT molecular complexity index is 774. The second-order valence-corrected chi connectivity index (χ2v) is 6.10. The number of Topliss-reactive ketones (excluding diaryl/α,β-unsaturated/α-hetero) is 1. The predicted molar refractivity (Wildman–Crippen MR) is 96.1 cm³/mol. The van der Waals surface area contributed by atoms with Crippen molar-refractivity contribution < 1.29 is 28.8 Å². The van der Waals surface area contributed by atoms with Gasteiger partial charge in [-0.2, -0.15) is 0 Å². The molecule has 0 spiro atoms. The van der Waals surface area contributed by atoms with Gasteiger partial charge in [0.25, 0.3) is 5.91 Å². The minimum Gasteiger partial charge on any atom is -0.469 e. The average Bonchev–Trinajstić information content (AvgIpc) is 3.07. The highest BCUT2D eigenvalue weighted by molar-refractivity contribution is 6.07. The SMILES string of the molecule is COC(=O)[C@H]1C(C(C)=O)=CC(C(=O)Nc2ccccc2)[C@@H]1C(=O)N(C)OC. The Kier molecular flexibility index (Phi) is 6.46. The molecule has 0 bridgehead atoms. The van der Waals surface area contributed by atoms with Crippen LogP contribution in [0, 0.1) is 17.8 Å². The summed E-state index contributed by atoms with van der Waals surface area (Å²) in [6, 6.07) is 8.68. The number of nitrogens with one attached hydrogen (secondary N) is 1. The molecule has 8 nitrogen and oxygen atoms in total. The van der Waals surface area contributed by atoms with Gasteiger partial charge in [0.05, 0.1) is 32.0 Å². The van der Waals surface area contributed by atoms with Gasteiger partial charge < -0.3 is 10.1 Å². The maximum absolute atomic E-state index is 12.8. The minimum atomic E-state index is -1.18. The van der Waals surface area contributed by atoms with Crippen molar-refractivity contribution in [2.45, 2.75) is 6.92 Å². The van der Waals surface area contributed by atoms with E-state index >= 15 is 0 Å². The van der Waals surface area contributed by atoms with Crippen molar-refractivity contribution in [2.24, 2.45) is 17.8 Å². The number of rotatable bonds is 6. The number of ether oxygens (including phenoxy) is 1. The standard InChI is InChI=1S/C19H22N2O6/c1-11(22)13-10-14(17(23)20-12-8-6-5-7-9-12)15(16(13)19(25)26-3)18(24)21(2)27-4/h5-10,14-16H,1-4H3,(H,20,23)/t14?,15-,16-/m0/s1. The third-order valence-electron chi connectivity index (χ3n) is 4.52. The van der Waals surface area contributed by atoms with Gasteiger partial charge in [0.15, 0.2) is 5.78 Å². The van der Waals surface area contributed by atoms with Crippen LogP contribution in [0.2, 0.25) is 0 Å². The summed E-state index contributed by atoms with van der Waals surface area (Å²) in [5.74, 6) is -5.62. The number of hydroxylamine groups is 2. The van der Waals surface area contributed by atoms with Crippen molar-refractivity contribution in [3.63, 3.8) is 0 Å². The fourth-order valence-electron chi connectivity index (χ4n) is 3.12. The summed E-state index contributed by atoms with van der Waals surface area (Å²) in [5.41, 5.74) is 0.617. The fourth-order valence-corrected chi connectivity index (χ4v) is 3.12. The van der Waals surface area contributed by atoms with Crippen LogP contribution in [0.1, 0.15) is 6.92 Å². The van der Waals surface area contributed by atoms with Crippen LogP contribution in [0.4, 0.5) is 5.69 Å². The zero-order valence-corrected chi connectivity index (χ0v) is 15.6. The maximum atomic E-state index is 12.8. The number of ketones is 1. The summed E-state index contributed by atoms with van der Waals surface area (Å²) in [7, 11) is 3.83. The monoisotopic (exact) mass is 374 g/mol. The van der Waals surface area contributed by atoms with Gasteiger partial charge in [0.2, 0.25) is 5.91 Å². The van der Waals surface area contributed by atoms with Crippen molar-refractivity contribution in [2.75, 3.05) is 26.6 Å². The topological polar surface area (TPSA) is 102 Å². The minimum absolute atomic E-state index is 0.0814. The Morgan fingerprint density at radius 3 is 2.22 bits per heavy atom. The molecular weight excluding hydrogens is 352 g/mol. The lowest BCUT2D eigenvalue weighted by molar-refractivity contribution is -0.178. The van der Waals surface area contributed by atoms with Gasteiger partial charge in [-0.3, -0.25) is 24.0 Å². The summed E-state index contributed by atoms with van der Waals surface area (Å²) in [6.07, 6.45) is 1.37. The van der Waals surface area contributed by atoms with E-state index in [9.17, 15) is 19.2 Å². The van der Waals surface area contributed by atoms with Crippen LogP contribution >= 0.6 is 0 Å². The van der Waals surface area contributed by atoms with E-state index in [1.807, 2.05) is 0 Å². The van der Waals surface area contributed by atoms with Crippen molar-refractivity contribution in [1.82, 2.24) is 5.06 Å². The molecule has 27 heavy (non-hydrogen) atoms. The Morgan fingerprint density at radius 2 is 1.70 bits per heavy atom. The molecule has 1 unspecified atom stereocenters. The van der Waals surface area contributed by atoms with Crippen LogP contribution in [-0.2, 0) is 28.8 Å². The third kappa shape index (κ3) is 4.22. The van der Waals surface area contributed by atoms with Gasteiger partial charge in [-0.1, -0.05) is 24.3 Å². The van der Waals surface area contributed by atoms with Crippen LogP contribution in [0.15, 0.2) is 42.0 Å². The van der Waals surface area contributed by atoms with Crippen LogP contribution in [0.25, 0.3) is 0 Å². The number of para-hydroxylation sites is 1. The summed E-state index contributed by atoms with van der Waals surface area (Å²) in [5, 5.41) is 3.64. The van der Waals surface area contributed by atoms with Crippen LogP contribution in [0.5, 0.6) is 0 Å². The lowest BCUT2D eigenvalue weighted by Gasteiger charge is -2.26. The average molecular weight is 374 g/mol. The van der Waals surface area contributed by atoms with Crippen molar-refractivity contribution in [3.05, 3.63) is 42.0 Å². The molecule has 0 aliphatic heterocycles. The molecule has 0 aromatic heterocycles. The van der Waals surface area contributed by atoms with E-state index in [2.05, 4.69) is 5.32 Å². The number of carbonyl (C=O) groups excluding carboxylic acids is 4. The van der Waals surface area contributed by atoms with Crippen LogP contribution in [0.3, 0.4) is 0 Å². The highest BCUT2D eigenvalue weighted by atomic mass is 16.7. The first kappa shape index (κ1) is 20.3. The van der Waals surface area contributed by atoms with E-state index in [-0.39, 0.29) is 5.57 Å². The molecule has 3 atom stereocenters. The highest BCUT2D eigenvalue weighted by Gasteiger charge is 2.51. The number of hydrogen-bond donors (Lipinski definition) is 1. The molecule has 2 amide bonds. The first-order valence-corrected chi connectivity index (χ1v) is 8.29. The molecule has 1 aliphatic rings. The lowest BCUT2D eigenvalue weighted by atomic mass is 9.83. The molecule has 0 fully saturated rings. The smallest absolute Gasteiger partial charge is 0.314 e. The molecule has 8 heteroatoms. The van der Waals surface area contributed by atoms with Crippen molar-refractivity contribution >= 4 is 29.3 Å². The van der Waals surface area contributed by atoms with E-state index in [1.165, 1.54) is 34.3 Å². The quantitative estimate of drug-likeness (QED) is 0.593. The molecule has 144 valence electrons. The third-order valence-corrected chi connectivity index (χ3v) is 4.52. The normalized spacial score (nSPS) is 21.2. The van der Waals surface area contributed by atoms with Crippen molar-refractivity contribution in [1.29, 1.82) is 0 Å². The number of carbonyl (C=O) groups is 4. The number of methoxy groups -OCH3 is 1. The molecular formula is C19H22N2O6. The van der Waals surface area contributed by atoms with E-state index in [0.29, 0.717) is 5.69 Å². The molecule has 0 radical (unpaired) electrons. The summed E-state index contributed by atoms with van der Waals surface area (Å²) < 4.78 is 4.78. The van der Waals surface area contributed by atoms with Gasteiger partial charge in [-0.25, -0.2) is 5.06 Å². The van der Waals surface area contributed by atoms with Gasteiger partial charge in [-0.15, -0.1) is 0 Å². The molecule has 1 aliphatic carbocycles. The molecule has 1 aromatic carbocycles. The number of anilines is 1. The molecule has 1 N–H and O–H groups in total. The van der Waals surface area contributed by atoms with Gasteiger partial charge in [0, 0.05) is 18.3 Å². The largest absolute Gasteiger partial charge is 0.469 e. The first-order chi connectivity index (χ1) is 12.8. The zero-order chi connectivity index (χ0) is 20.1. The van der Waals surface area contributed by atoms with Gasteiger partial charge in [-0.05, 0) is 19.1 Å².